The van der Waals surface area contributed by atoms with Gasteiger partial charge in [0.25, 0.3) is 0 Å². The van der Waals surface area contributed by atoms with Gasteiger partial charge in [-0.1, -0.05) is 12.2 Å². The molecule has 0 bridgehead atoms. The van der Waals surface area contributed by atoms with Crippen LogP contribution in [0.15, 0.2) is 12.2 Å². The van der Waals surface area contributed by atoms with Crippen LogP contribution in [-0.2, 0) is 14.3 Å². The molecule has 2 fully saturated rings. The molecule has 0 aromatic rings. The first-order valence-corrected chi connectivity index (χ1v) is 4.66. The van der Waals surface area contributed by atoms with Crippen molar-refractivity contribution < 1.29 is 14.3 Å². The molecule has 0 aromatic heterocycles. The van der Waals surface area contributed by atoms with Crippen LogP contribution in [0.5, 0.6) is 0 Å². The zero-order valence-electron chi connectivity index (χ0n) is 8.21. The second-order valence-corrected chi connectivity index (χ2v) is 3.93. The number of amides is 1. The van der Waals surface area contributed by atoms with Crippen LogP contribution in [0.4, 0.5) is 0 Å². The van der Waals surface area contributed by atoms with Crippen molar-refractivity contribution in [1.29, 1.82) is 0 Å². The molecule has 0 spiro atoms. The van der Waals surface area contributed by atoms with Gasteiger partial charge in [0.15, 0.2) is 0 Å². The van der Waals surface area contributed by atoms with Crippen molar-refractivity contribution in [2.24, 2.45) is 0 Å². The minimum Gasteiger partial charge on any atom is -0.467 e. The Morgan fingerprint density at radius 2 is 2.36 bits per heavy atom. The van der Waals surface area contributed by atoms with Crippen molar-refractivity contribution in [2.45, 2.75) is 24.8 Å². The summed E-state index contributed by atoms with van der Waals surface area (Å²) in [5.41, 5.74) is 0.214. The number of esters is 1. The first-order valence-electron chi connectivity index (χ1n) is 4.66. The van der Waals surface area contributed by atoms with Gasteiger partial charge in [0.05, 0.1) is 7.11 Å². The maximum atomic E-state index is 11.7. The maximum Gasteiger partial charge on any atom is 0.332 e. The smallest absolute Gasteiger partial charge is 0.332 e. The van der Waals surface area contributed by atoms with Crippen LogP contribution in [0.3, 0.4) is 0 Å². The van der Waals surface area contributed by atoms with Crippen LogP contribution in [0.1, 0.15) is 19.3 Å². The Hall–Kier alpha value is -1.32. The Balaban J connectivity index is 2.36. The van der Waals surface area contributed by atoms with E-state index in [4.69, 9.17) is 4.74 Å². The molecule has 76 valence electrons. The molecule has 2 saturated heterocycles. The molecule has 14 heavy (non-hydrogen) atoms. The lowest BCUT2D eigenvalue weighted by molar-refractivity contribution is -0.155. The van der Waals surface area contributed by atoms with Crippen molar-refractivity contribution in [1.82, 2.24) is 4.90 Å². The third-order valence-electron chi connectivity index (χ3n) is 3.06. The molecule has 2 heterocycles. The molecule has 4 heteroatoms. The Bertz CT molecular complexity index is 323. The fourth-order valence-electron chi connectivity index (χ4n) is 2.41. The van der Waals surface area contributed by atoms with Crippen molar-refractivity contribution in [3.63, 3.8) is 0 Å². The molecule has 2 rings (SSSR count). The molecule has 4 nitrogen and oxygen atoms in total. The normalized spacial score (nSPS) is 30.8. The summed E-state index contributed by atoms with van der Waals surface area (Å²) in [7, 11) is 1.36. The quantitative estimate of drug-likeness (QED) is 0.451. The van der Waals surface area contributed by atoms with Crippen LogP contribution in [0.25, 0.3) is 0 Å². The monoisotopic (exact) mass is 195 g/mol. The van der Waals surface area contributed by atoms with Gasteiger partial charge in [0, 0.05) is 19.4 Å². The summed E-state index contributed by atoms with van der Waals surface area (Å²) in [6.07, 6.45) is 1.57. The van der Waals surface area contributed by atoms with E-state index in [-0.39, 0.29) is 11.9 Å². The summed E-state index contributed by atoms with van der Waals surface area (Å²) in [5.74, 6) is -0.268. The molecule has 0 aromatic carbocycles. The van der Waals surface area contributed by atoms with Crippen LogP contribution in [0.2, 0.25) is 0 Å². The van der Waals surface area contributed by atoms with Crippen molar-refractivity contribution in [2.75, 3.05) is 13.7 Å². The summed E-state index contributed by atoms with van der Waals surface area (Å²) >= 11 is 0. The number of hydrogen-bond donors (Lipinski definition) is 0. The highest BCUT2D eigenvalue weighted by atomic mass is 16.5. The first-order chi connectivity index (χ1) is 6.60. The van der Waals surface area contributed by atoms with Gasteiger partial charge < -0.3 is 9.64 Å². The molecule has 1 amide bonds. The molecule has 0 radical (unpaired) electrons. The summed E-state index contributed by atoms with van der Waals surface area (Å²) in [4.78, 5) is 24.8. The predicted molar refractivity (Wildman–Crippen MR) is 49.5 cm³/mol. The van der Waals surface area contributed by atoms with E-state index in [1.54, 1.807) is 4.90 Å². The van der Waals surface area contributed by atoms with E-state index in [0.29, 0.717) is 25.8 Å². The number of nitrogens with zero attached hydrogens (tertiary/aromatic N) is 1. The van der Waals surface area contributed by atoms with Gasteiger partial charge in [-0.05, 0) is 6.42 Å². The summed E-state index contributed by atoms with van der Waals surface area (Å²) in [5, 5.41) is 0. The zero-order chi connectivity index (χ0) is 10.3. The van der Waals surface area contributed by atoms with E-state index in [0.717, 1.165) is 5.57 Å². The molecular formula is C10H13NO3. The van der Waals surface area contributed by atoms with Gasteiger partial charge in [-0.25, -0.2) is 4.79 Å². The molecule has 2 aliphatic heterocycles. The first kappa shape index (κ1) is 9.24. The summed E-state index contributed by atoms with van der Waals surface area (Å²) in [6.45, 7) is 4.34. The number of methoxy groups -OCH3 is 1. The summed E-state index contributed by atoms with van der Waals surface area (Å²) < 4.78 is 4.76. The minimum absolute atomic E-state index is 0.0362. The molecule has 0 aliphatic carbocycles. The average molecular weight is 195 g/mol. The highest BCUT2D eigenvalue weighted by molar-refractivity contribution is 5.93. The molecule has 0 saturated carbocycles. The second-order valence-electron chi connectivity index (χ2n) is 3.93. The molecular weight excluding hydrogens is 182 g/mol. The van der Waals surface area contributed by atoms with E-state index in [1.807, 2.05) is 0 Å². The maximum absolute atomic E-state index is 11.7. The van der Waals surface area contributed by atoms with E-state index in [9.17, 15) is 9.59 Å². The average Bonchev–Trinajstić information content (AvgIpc) is 2.64. The third kappa shape index (κ3) is 0.997. The lowest BCUT2D eigenvalue weighted by Gasteiger charge is -2.27. The second kappa shape index (κ2) is 2.83. The van der Waals surface area contributed by atoms with E-state index >= 15 is 0 Å². The molecule has 2 aliphatic rings. The molecule has 0 N–H and O–H groups in total. The van der Waals surface area contributed by atoms with Crippen molar-refractivity contribution in [3.05, 3.63) is 12.2 Å². The Morgan fingerprint density at radius 1 is 1.64 bits per heavy atom. The van der Waals surface area contributed by atoms with Crippen LogP contribution >= 0.6 is 0 Å². The SMILES string of the molecule is C=C1CN2C(=O)CCC2(C(=O)OC)C1. The highest BCUT2D eigenvalue weighted by Crippen LogP contribution is 2.42. The van der Waals surface area contributed by atoms with E-state index < -0.39 is 5.54 Å². The van der Waals surface area contributed by atoms with Crippen LogP contribution in [-0.4, -0.2) is 36.0 Å². The lowest BCUT2D eigenvalue weighted by atomic mass is 9.93. The van der Waals surface area contributed by atoms with Gasteiger partial charge in [-0.3, -0.25) is 4.79 Å². The lowest BCUT2D eigenvalue weighted by Crippen LogP contribution is -2.47. The van der Waals surface area contributed by atoms with E-state index in [1.165, 1.54) is 7.11 Å². The zero-order valence-corrected chi connectivity index (χ0v) is 8.21. The number of carbonyl (C=O) groups is 2. The number of carbonyl (C=O) groups excluding carboxylic acids is 2. The standard InChI is InChI=1S/C10H13NO3/c1-7-5-10(9(13)14-2)4-3-8(12)11(10)6-7/h1,3-6H2,2H3. The fraction of sp³-hybridized carbons (Fsp3) is 0.600. The predicted octanol–water partition coefficient (Wildman–Crippen LogP) is 0.480. The number of fused-ring (bicyclic) bond motifs is 1. The Morgan fingerprint density at radius 3 is 3.00 bits per heavy atom. The van der Waals surface area contributed by atoms with Crippen molar-refractivity contribution >= 4 is 11.9 Å². The van der Waals surface area contributed by atoms with E-state index in [2.05, 4.69) is 6.58 Å². The molecule has 1 atom stereocenters. The molecule has 1 unspecified atom stereocenters. The Labute approximate surface area is 82.5 Å². The fourth-order valence-corrected chi connectivity index (χ4v) is 2.41. The number of ether oxygens (including phenoxy) is 1. The van der Waals surface area contributed by atoms with Crippen molar-refractivity contribution in [3.8, 4) is 0 Å². The minimum atomic E-state index is -0.719. The van der Waals surface area contributed by atoms with Gasteiger partial charge in [-0.15, -0.1) is 0 Å². The number of rotatable bonds is 1. The number of hydrogen-bond acceptors (Lipinski definition) is 3. The van der Waals surface area contributed by atoms with Crippen LogP contribution < -0.4 is 0 Å². The van der Waals surface area contributed by atoms with Crippen LogP contribution in [0, 0.1) is 0 Å². The topological polar surface area (TPSA) is 46.6 Å². The summed E-state index contributed by atoms with van der Waals surface area (Å²) in [6, 6.07) is 0. The van der Waals surface area contributed by atoms with Gasteiger partial charge >= 0.3 is 5.97 Å². The third-order valence-corrected chi connectivity index (χ3v) is 3.06. The van der Waals surface area contributed by atoms with Gasteiger partial charge in [-0.2, -0.15) is 0 Å². The Kier molecular flexibility index (Phi) is 1.87. The largest absolute Gasteiger partial charge is 0.467 e. The van der Waals surface area contributed by atoms with Gasteiger partial charge in [0.1, 0.15) is 5.54 Å². The highest BCUT2D eigenvalue weighted by Gasteiger charge is 2.55. The van der Waals surface area contributed by atoms with Gasteiger partial charge in [0.2, 0.25) is 5.91 Å².